The smallest absolute Gasteiger partial charge is 0.146 e. The van der Waals surface area contributed by atoms with Gasteiger partial charge in [0.05, 0.1) is 17.4 Å². The Balaban J connectivity index is 1.99. The molecule has 21 heavy (non-hydrogen) atoms. The van der Waals surface area contributed by atoms with Crippen LogP contribution in [0.25, 0.3) is 10.9 Å². The first kappa shape index (κ1) is 13.7. The first-order valence-electron chi connectivity index (χ1n) is 6.88. The van der Waals surface area contributed by atoms with Gasteiger partial charge in [-0.3, -0.25) is 9.67 Å². The maximum atomic E-state index is 13.9. The second-order valence-electron chi connectivity index (χ2n) is 5.03. The van der Waals surface area contributed by atoms with Crippen LogP contribution in [-0.2, 0) is 13.5 Å². The third-order valence-electron chi connectivity index (χ3n) is 3.76. The van der Waals surface area contributed by atoms with Gasteiger partial charge in [0, 0.05) is 36.7 Å². The van der Waals surface area contributed by atoms with E-state index in [-0.39, 0.29) is 11.9 Å². The first-order valence-corrected chi connectivity index (χ1v) is 6.88. The number of hydrogen-bond donors (Lipinski definition) is 1. The molecular formula is C16H17FN4. The van der Waals surface area contributed by atoms with Crippen molar-refractivity contribution in [2.45, 2.75) is 12.5 Å². The monoisotopic (exact) mass is 284 g/mol. The predicted octanol–water partition coefficient (Wildman–Crippen LogP) is 2.61. The summed E-state index contributed by atoms with van der Waals surface area (Å²) in [5.41, 5.74) is 2.66. The summed E-state index contributed by atoms with van der Waals surface area (Å²) in [5, 5.41) is 8.84. The average molecular weight is 284 g/mol. The molecule has 1 unspecified atom stereocenters. The fourth-order valence-corrected chi connectivity index (χ4v) is 2.67. The topological polar surface area (TPSA) is 42.7 Å². The number of rotatable bonds is 4. The molecule has 1 N–H and O–H groups in total. The highest BCUT2D eigenvalue weighted by Crippen LogP contribution is 2.24. The summed E-state index contributed by atoms with van der Waals surface area (Å²) in [5.74, 6) is -0.294. The molecule has 3 aromatic rings. The van der Waals surface area contributed by atoms with Gasteiger partial charge in [-0.1, -0.05) is 18.2 Å². The number of pyridine rings is 1. The number of halogens is 1. The number of likely N-dealkylation sites (N-methyl/N-ethyl adjacent to an activating group) is 1. The van der Waals surface area contributed by atoms with Crippen molar-refractivity contribution in [1.29, 1.82) is 0 Å². The van der Waals surface area contributed by atoms with Gasteiger partial charge in [0.2, 0.25) is 0 Å². The van der Waals surface area contributed by atoms with Crippen molar-refractivity contribution < 1.29 is 4.39 Å². The Kier molecular flexibility index (Phi) is 3.66. The number of nitrogens with one attached hydrogen (secondary N) is 1. The highest BCUT2D eigenvalue weighted by molar-refractivity contribution is 5.81. The molecule has 5 heteroatoms. The predicted molar refractivity (Wildman–Crippen MR) is 80.4 cm³/mol. The van der Waals surface area contributed by atoms with Gasteiger partial charge < -0.3 is 5.32 Å². The third kappa shape index (κ3) is 2.52. The first-order chi connectivity index (χ1) is 10.2. The van der Waals surface area contributed by atoms with Crippen molar-refractivity contribution in [2.75, 3.05) is 7.05 Å². The molecule has 0 saturated heterocycles. The van der Waals surface area contributed by atoms with Crippen LogP contribution in [-0.4, -0.2) is 21.8 Å². The van der Waals surface area contributed by atoms with Gasteiger partial charge in [0.15, 0.2) is 0 Å². The maximum absolute atomic E-state index is 13.9. The van der Waals surface area contributed by atoms with Crippen LogP contribution in [0.5, 0.6) is 0 Å². The molecule has 0 bridgehead atoms. The summed E-state index contributed by atoms with van der Waals surface area (Å²) >= 11 is 0. The van der Waals surface area contributed by atoms with E-state index in [4.69, 9.17) is 0 Å². The van der Waals surface area contributed by atoms with E-state index in [0.29, 0.717) is 12.0 Å². The molecule has 0 fully saturated rings. The van der Waals surface area contributed by atoms with Crippen molar-refractivity contribution in [3.05, 3.63) is 59.8 Å². The third-order valence-corrected chi connectivity index (χ3v) is 3.76. The normalized spacial score (nSPS) is 12.7. The molecule has 0 radical (unpaired) electrons. The molecule has 1 atom stereocenters. The molecule has 0 amide bonds. The minimum atomic E-state index is -0.294. The lowest BCUT2D eigenvalue weighted by Crippen LogP contribution is -2.20. The van der Waals surface area contributed by atoms with E-state index in [1.165, 1.54) is 6.20 Å². The molecule has 3 rings (SSSR count). The Labute approximate surface area is 122 Å². The van der Waals surface area contributed by atoms with Crippen LogP contribution in [0, 0.1) is 5.82 Å². The summed E-state index contributed by atoms with van der Waals surface area (Å²) in [4.78, 5) is 3.80. The number of benzene rings is 1. The second kappa shape index (κ2) is 5.61. The average Bonchev–Trinajstić information content (AvgIpc) is 2.82. The Morgan fingerprint density at radius 2 is 2.10 bits per heavy atom. The molecule has 2 aromatic heterocycles. The van der Waals surface area contributed by atoms with Crippen molar-refractivity contribution in [3.63, 3.8) is 0 Å². The molecular weight excluding hydrogens is 267 g/mol. The highest BCUT2D eigenvalue weighted by Gasteiger charge is 2.18. The lowest BCUT2D eigenvalue weighted by molar-refractivity contribution is 0.525. The number of para-hydroxylation sites is 1. The van der Waals surface area contributed by atoms with Gasteiger partial charge in [-0.25, -0.2) is 4.39 Å². The van der Waals surface area contributed by atoms with Crippen LogP contribution in [0.2, 0.25) is 0 Å². The number of fused-ring (bicyclic) bond motifs is 1. The van der Waals surface area contributed by atoms with Crippen molar-refractivity contribution in [2.24, 2.45) is 7.05 Å². The van der Waals surface area contributed by atoms with E-state index in [1.54, 1.807) is 12.3 Å². The fraction of sp³-hybridized carbons (Fsp3) is 0.250. The van der Waals surface area contributed by atoms with Crippen molar-refractivity contribution in [3.8, 4) is 0 Å². The quantitative estimate of drug-likeness (QED) is 0.801. The number of hydrogen-bond acceptors (Lipinski definition) is 3. The number of nitrogens with zero attached hydrogens (tertiary/aromatic N) is 3. The Morgan fingerprint density at radius 3 is 2.86 bits per heavy atom. The lowest BCUT2D eigenvalue weighted by atomic mass is 10.0. The van der Waals surface area contributed by atoms with E-state index in [0.717, 1.165) is 16.6 Å². The van der Waals surface area contributed by atoms with Crippen LogP contribution in [0.3, 0.4) is 0 Å². The molecule has 108 valence electrons. The molecule has 0 spiro atoms. The molecule has 1 aromatic carbocycles. The van der Waals surface area contributed by atoms with Gasteiger partial charge in [0.25, 0.3) is 0 Å². The van der Waals surface area contributed by atoms with Crippen LogP contribution < -0.4 is 5.32 Å². The Morgan fingerprint density at radius 1 is 1.29 bits per heavy atom. The molecule has 0 aliphatic carbocycles. The molecule has 0 saturated carbocycles. The number of aromatic nitrogens is 3. The second-order valence-corrected chi connectivity index (χ2v) is 5.03. The van der Waals surface area contributed by atoms with Gasteiger partial charge >= 0.3 is 0 Å². The maximum Gasteiger partial charge on any atom is 0.146 e. The summed E-state index contributed by atoms with van der Waals surface area (Å²) in [6, 6.07) is 9.65. The van der Waals surface area contributed by atoms with Gasteiger partial charge in [-0.15, -0.1) is 0 Å². The zero-order valence-electron chi connectivity index (χ0n) is 12.0. The zero-order chi connectivity index (χ0) is 14.8. The summed E-state index contributed by atoms with van der Waals surface area (Å²) in [6.45, 7) is 0. The molecule has 4 nitrogen and oxygen atoms in total. The van der Waals surface area contributed by atoms with E-state index in [2.05, 4.69) is 15.4 Å². The van der Waals surface area contributed by atoms with Gasteiger partial charge in [-0.2, -0.15) is 5.10 Å². The highest BCUT2D eigenvalue weighted by atomic mass is 19.1. The van der Waals surface area contributed by atoms with E-state index < -0.39 is 0 Å². The van der Waals surface area contributed by atoms with Crippen molar-refractivity contribution >= 4 is 10.9 Å². The Bertz CT molecular complexity index is 766. The van der Waals surface area contributed by atoms with E-state index in [1.807, 2.05) is 43.0 Å². The van der Waals surface area contributed by atoms with E-state index >= 15 is 0 Å². The van der Waals surface area contributed by atoms with Gasteiger partial charge in [-0.05, 0) is 19.2 Å². The SMILES string of the molecule is CNC(Cc1nn(C)c2ccccc12)c1ccncc1F. The zero-order valence-corrected chi connectivity index (χ0v) is 12.0. The van der Waals surface area contributed by atoms with Crippen LogP contribution in [0.1, 0.15) is 17.3 Å². The fourth-order valence-electron chi connectivity index (χ4n) is 2.67. The largest absolute Gasteiger partial charge is 0.313 e. The van der Waals surface area contributed by atoms with Crippen molar-refractivity contribution in [1.82, 2.24) is 20.1 Å². The summed E-state index contributed by atoms with van der Waals surface area (Å²) in [6.07, 6.45) is 3.48. The Hall–Kier alpha value is -2.27. The minimum absolute atomic E-state index is 0.133. The lowest BCUT2D eigenvalue weighted by Gasteiger charge is -2.16. The van der Waals surface area contributed by atoms with Crippen LogP contribution >= 0.6 is 0 Å². The molecule has 0 aliphatic rings. The van der Waals surface area contributed by atoms with Crippen LogP contribution in [0.15, 0.2) is 42.7 Å². The number of aryl methyl sites for hydroxylation is 1. The summed E-state index contributed by atoms with van der Waals surface area (Å²) < 4.78 is 15.8. The molecule has 2 heterocycles. The summed E-state index contributed by atoms with van der Waals surface area (Å²) in [7, 11) is 3.75. The van der Waals surface area contributed by atoms with E-state index in [9.17, 15) is 4.39 Å². The minimum Gasteiger partial charge on any atom is -0.313 e. The van der Waals surface area contributed by atoms with Gasteiger partial charge in [0.1, 0.15) is 5.82 Å². The standard InChI is InChI=1S/C16H17FN4/c1-18-14(11-7-8-19-10-13(11)17)9-15-12-5-3-4-6-16(12)21(2)20-15/h3-8,10,14,18H,9H2,1-2H3. The van der Waals surface area contributed by atoms with Crippen LogP contribution in [0.4, 0.5) is 4.39 Å². The molecule has 0 aliphatic heterocycles.